The molecule has 64 valence electrons. The second-order valence-corrected chi connectivity index (χ2v) is 2.45. The van der Waals surface area contributed by atoms with Gasteiger partial charge in [-0.25, -0.2) is 0 Å². The lowest BCUT2D eigenvalue weighted by Crippen LogP contribution is -1.91. The molecule has 0 fully saturated rings. The van der Waals surface area contributed by atoms with Crippen LogP contribution in [0.15, 0.2) is 0 Å². The molecule has 0 saturated carbocycles. The Morgan fingerprint density at radius 3 is 0.600 bits per heavy atom. The van der Waals surface area contributed by atoms with Crippen LogP contribution in [0, 0.1) is 0 Å². The van der Waals surface area contributed by atoms with Crippen molar-refractivity contribution in [1.82, 2.24) is 0 Å². The Balaban J connectivity index is 0. The van der Waals surface area contributed by atoms with E-state index in [-0.39, 0.29) is 0 Å². The topological polar surface area (TPSA) is 161 Å². The molecule has 0 bridgehead atoms. The van der Waals surface area contributed by atoms with Crippen molar-refractivity contribution in [3.05, 3.63) is 0 Å². The molecule has 0 unspecified atom stereocenters. The fourth-order valence-corrected chi connectivity index (χ4v) is 0. The Labute approximate surface area is 56.6 Å². The molecule has 0 spiro atoms. The molecular formula is O8S2-4. The van der Waals surface area contributed by atoms with E-state index < -0.39 is 20.8 Å². The molecule has 0 aliphatic rings. The summed E-state index contributed by atoms with van der Waals surface area (Å²) in [5.74, 6) is 0. The SMILES string of the molecule is O=S(=O)([O-])[O-].O=S(=O)([O-])[O-]. The van der Waals surface area contributed by atoms with E-state index in [0.717, 1.165) is 0 Å². The monoisotopic (exact) mass is 192 g/mol. The van der Waals surface area contributed by atoms with Crippen LogP contribution in [0.2, 0.25) is 0 Å². The summed E-state index contributed by atoms with van der Waals surface area (Å²) in [7, 11) is -10.3. The van der Waals surface area contributed by atoms with Crippen molar-refractivity contribution in [3.63, 3.8) is 0 Å². The van der Waals surface area contributed by atoms with Gasteiger partial charge in [-0.2, -0.15) is 0 Å². The minimum Gasteiger partial charge on any atom is -0.759 e. The molecule has 0 heterocycles. The van der Waals surface area contributed by atoms with Crippen LogP contribution in [0.25, 0.3) is 0 Å². The van der Waals surface area contributed by atoms with Gasteiger partial charge in [0, 0.05) is 20.8 Å². The van der Waals surface area contributed by atoms with E-state index in [1.54, 1.807) is 0 Å². The summed E-state index contributed by atoms with van der Waals surface area (Å²) in [4.78, 5) is 0. The maximum Gasteiger partial charge on any atom is 0.0311 e. The van der Waals surface area contributed by atoms with E-state index in [2.05, 4.69) is 0 Å². The highest BCUT2D eigenvalue weighted by Crippen LogP contribution is 1.58. The number of rotatable bonds is 0. The smallest absolute Gasteiger partial charge is 0.0311 e. The van der Waals surface area contributed by atoms with E-state index in [1.807, 2.05) is 0 Å². The van der Waals surface area contributed by atoms with Gasteiger partial charge in [-0.15, -0.1) is 0 Å². The molecule has 0 aliphatic heterocycles. The van der Waals surface area contributed by atoms with Gasteiger partial charge in [0.1, 0.15) is 0 Å². The zero-order valence-corrected chi connectivity index (χ0v) is 5.72. The molecular weight excluding hydrogens is 192 g/mol. The van der Waals surface area contributed by atoms with Crippen LogP contribution in [0.3, 0.4) is 0 Å². The first kappa shape index (κ1) is 12.4. The van der Waals surface area contributed by atoms with Crippen molar-refractivity contribution in [2.45, 2.75) is 0 Å². The predicted molar refractivity (Wildman–Crippen MR) is 20.9 cm³/mol. The number of hydrogen-bond acceptors (Lipinski definition) is 8. The fraction of sp³-hybridized carbons (Fsp3) is 0. The fourth-order valence-electron chi connectivity index (χ4n) is 0. The Morgan fingerprint density at radius 1 is 0.600 bits per heavy atom. The molecule has 0 radical (unpaired) electrons. The predicted octanol–water partition coefficient (Wildman–Crippen LogP) is -2.68. The summed E-state index contributed by atoms with van der Waals surface area (Å²) >= 11 is 0. The second kappa shape index (κ2) is 3.80. The van der Waals surface area contributed by atoms with Gasteiger partial charge >= 0.3 is 0 Å². The molecule has 0 aromatic carbocycles. The lowest BCUT2D eigenvalue weighted by atomic mass is 15.8. The third-order valence-electron chi connectivity index (χ3n) is 0. The third-order valence-corrected chi connectivity index (χ3v) is 0. The molecule has 0 aliphatic carbocycles. The van der Waals surface area contributed by atoms with Gasteiger partial charge in [0.2, 0.25) is 0 Å². The molecule has 10 heavy (non-hydrogen) atoms. The van der Waals surface area contributed by atoms with E-state index in [1.165, 1.54) is 0 Å². The highest BCUT2D eigenvalue weighted by Gasteiger charge is 1.50. The summed E-state index contributed by atoms with van der Waals surface area (Å²) in [5, 5.41) is 0. The Morgan fingerprint density at radius 2 is 0.600 bits per heavy atom. The second-order valence-electron chi connectivity index (χ2n) is 0.816. The molecule has 0 N–H and O–H groups in total. The molecule has 0 atom stereocenters. The van der Waals surface area contributed by atoms with Crippen LogP contribution < -0.4 is 0 Å². The van der Waals surface area contributed by atoms with Gasteiger partial charge in [0.25, 0.3) is 0 Å². The highest BCUT2D eigenvalue weighted by atomic mass is 32.3. The largest absolute Gasteiger partial charge is 0.759 e. The lowest BCUT2D eigenvalue weighted by molar-refractivity contribution is 0.350. The molecule has 0 aromatic rings. The Bertz CT molecular complexity index is 204. The zero-order valence-electron chi connectivity index (χ0n) is 4.08. The molecule has 10 heteroatoms. The van der Waals surface area contributed by atoms with Gasteiger partial charge in [0.05, 0.1) is 0 Å². The average molecular weight is 192 g/mol. The van der Waals surface area contributed by atoms with E-state index >= 15 is 0 Å². The first-order valence-corrected chi connectivity index (χ1v) is 4.00. The van der Waals surface area contributed by atoms with Crippen molar-refractivity contribution >= 4 is 20.8 Å². The first-order chi connectivity index (χ1) is 4.00. The van der Waals surface area contributed by atoms with Gasteiger partial charge < -0.3 is 18.2 Å². The summed E-state index contributed by atoms with van der Waals surface area (Å²) in [6.45, 7) is 0. The molecule has 0 amide bonds. The van der Waals surface area contributed by atoms with Crippen LogP contribution in [0.5, 0.6) is 0 Å². The van der Waals surface area contributed by atoms with Crippen LogP contribution in [-0.2, 0) is 20.8 Å². The van der Waals surface area contributed by atoms with Gasteiger partial charge in [0.15, 0.2) is 0 Å². The Hall–Kier alpha value is -0.260. The van der Waals surface area contributed by atoms with Crippen molar-refractivity contribution in [3.8, 4) is 0 Å². The van der Waals surface area contributed by atoms with Crippen LogP contribution in [0.4, 0.5) is 0 Å². The summed E-state index contributed by atoms with van der Waals surface area (Å²) in [6, 6.07) is 0. The lowest BCUT2D eigenvalue weighted by Gasteiger charge is -2.06. The van der Waals surface area contributed by atoms with Crippen molar-refractivity contribution in [1.29, 1.82) is 0 Å². The summed E-state index contributed by atoms with van der Waals surface area (Å²) in [6.07, 6.45) is 0. The maximum absolute atomic E-state index is 8.52. The van der Waals surface area contributed by atoms with E-state index in [0.29, 0.717) is 0 Å². The third kappa shape index (κ3) is 5200. The summed E-state index contributed by atoms with van der Waals surface area (Å²) in [5.41, 5.74) is 0. The minimum atomic E-state index is -5.17. The van der Waals surface area contributed by atoms with Crippen LogP contribution in [0.1, 0.15) is 0 Å². The Kier molecular flexibility index (Phi) is 4.72. The van der Waals surface area contributed by atoms with Crippen molar-refractivity contribution in [2.75, 3.05) is 0 Å². The minimum absolute atomic E-state index is 5.17. The molecule has 8 nitrogen and oxygen atoms in total. The quantitative estimate of drug-likeness (QED) is 0.296. The van der Waals surface area contributed by atoms with Crippen molar-refractivity contribution < 1.29 is 35.0 Å². The normalized spacial score (nSPS) is 11.6. The van der Waals surface area contributed by atoms with Crippen LogP contribution in [-0.4, -0.2) is 35.0 Å². The average Bonchev–Trinajstić information content (AvgIpc) is 1.12. The zero-order chi connectivity index (χ0) is 9.00. The van der Waals surface area contributed by atoms with Gasteiger partial charge in [-0.05, 0) is 0 Å². The van der Waals surface area contributed by atoms with Crippen molar-refractivity contribution in [2.24, 2.45) is 0 Å². The molecule has 0 rings (SSSR count). The molecule has 0 saturated heterocycles. The maximum atomic E-state index is 8.52. The van der Waals surface area contributed by atoms with Gasteiger partial charge in [-0.3, -0.25) is 16.8 Å². The van der Waals surface area contributed by atoms with Crippen LogP contribution >= 0.6 is 0 Å². The van der Waals surface area contributed by atoms with Gasteiger partial charge in [-0.1, -0.05) is 0 Å². The summed E-state index contributed by atoms with van der Waals surface area (Å²) < 4.78 is 68.2. The molecule has 0 aromatic heterocycles. The number of hydrogen-bond donors (Lipinski definition) is 0. The van der Waals surface area contributed by atoms with E-state index in [4.69, 9.17) is 35.0 Å². The first-order valence-electron chi connectivity index (χ1n) is 1.33. The van der Waals surface area contributed by atoms with E-state index in [9.17, 15) is 0 Å². The highest BCUT2D eigenvalue weighted by molar-refractivity contribution is 7.79. The standard InChI is InChI=1S/2H2O4S/c2*1-5(2,3)4/h2*(H2,1,2,3,4)/p-4.